The third-order valence-corrected chi connectivity index (χ3v) is 3.58. The number of esters is 2. The first-order valence-corrected chi connectivity index (χ1v) is 8.79. The Labute approximate surface area is 144 Å². The van der Waals surface area contributed by atoms with E-state index in [1.165, 1.54) is 32.1 Å². The molecule has 0 atom stereocenters. The van der Waals surface area contributed by atoms with Crippen LogP contribution in [0.1, 0.15) is 64.2 Å². The summed E-state index contributed by atoms with van der Waals surface area (Å²) in [4.78, 5) is 33.4. The lowest BCUT2D eigenvalue weighted by Gasteiger charge is -2.05. The summed E-state index contributed by atoms with van der Waals surface area (Å²) in [6.45, 7) is 0.198. The Morgan fingerprint density at radius 1 is 0.833 bits per heavy atom. The molecule has 0 aliphatic heterocycles. The van der Waals surface area contributed by atoms with Crippen molar-refractivity contribution >= 4 is 17.8 Å². The maximum atomic E-state index is 11.5. The van der Waals surface area contributed by atoms with Crippen LogP contribution in [0.4, 0.5) is 0 Å². The van der Waals surface area contributed by atoms with Gasteiger partial charge in [0, 0.05) is 20.1 Å². The van der Waals surface area contributed by atoms with Crippen molar-refractivity contribution < 1.29 is 23.9 Å². The minimum atomic E-state index is -0.798. The SMILES string of the molecule is COCCCCCCCCCCCC(=O)NCC(=O)OC(=O)CN. The number of unbranched alkanes of at least 4 members (excludes halogenated alkanes) is 8. The number of carbonyl (C=O) groups excluding carboxylic acids is 3. The van der Waals surface area contributed by atoms with Gasteiger partial charge in [0.1, 0.15) is 6.54 Å². The predicted octanol–water partition coefficient (Wildman–Crippen LogP) is 1.68. The van der Waals surface area contributed by atoms with Crippen LogP contribution in [-0.4, -0.2) is 44.7 Å². The normalized spacial score (nSPS) is 10.4. The van der Waals surface area contributed by atoms with Crippen molar-refractivity contribution in [2.45, 2.75) is 64.2 Å². The number of ether oxygens (including phenoxy) is 2. The van der Waals surface area contributed by atoms with Crippen LogP contribution >= 0.6 is 0 Å². The van der Waals surface area contributed by atoms with Crippen LogP contribution in [0.3, 0.4) is 0 Å². The molecule has 24 heavy (non-hydrogen) atoms. The van der Waals surface area contributed by atoms with Crippen LogP contribution in [0.5, 0.6) is 0 Å². The summed E-state index contributed by atoms with van der Waals surface area (Å²) in [6, 6.07) is 0. The van der Waals surface area contributed by atoms with E-state index in [2.05, 4.69) is 10.1 Å². The number of rotatable bonds is 15. The summed E-state index contributed by atoms with van der Waals surface area (Å²) in [5.74, 6) is -1.79. The van der Waals surface area contributed by atoms with Gasteiger partial charge in [0.2, 0.25) is 5.91 Å². The summed E-state index contributed by atoms with van der Waals surface area (Å²) in [6.07, 6.45) is 10.6. The highest BCUT2D eigenvalue weighted by atomic mass is 16.6. The molecule has 0 bridgehead atoms. The molecule has 0 aliphatic carbocycles. The van der Waals surface area contributed by atoms with E-state index in [1.54, 1.807) is 7.11 Å². The molecular formula is C17H32N2O5. The number of nitrogens with one attached hydrogen (secondary N) is 1. The lowest BCUT2D eigenvalue weighted by Crippen LogP contribution is -2.32. The smallest absolute Gasteiger partial charge is 0.333 e. The van der Waals surface area contributed by atoms with Gasteiger partial charge in [0.15, 0.2) is 0 Å². The number of amides is 1. The molecule has 0 saturated carbocycles. The fourth-order valence-corrected chi connectivity index (χ4v) is 2.23. The van der Waals surface area contributed by atoms with E-state index in [4.69, 9.17) is 10.5 Å². The van der Waals surface area contributed by atoms with Gasteiger partial charge in [0.05, 0.1) is 6.54 Å². The molecule has 140 valence electrons. The maximum Gasteiger partial charge on any atom is 0.333 e. The van der Waals surface area contributed by atoms with Crippen molar-refractivity contribution in [1.82, 2.24) is 5.32 Å². The Morgan fingerprint density at radius 2 is 1.38 bits per heavy atom. The van der Waals surface area contributed by atoms with Gasteiger partial charge in [-0.2, -0.15) is 0 Å². The quantitative estimate of drug-likeness (QED) is 0.266. The zero-order chi connectivity index (χ0) is 18.0. The first kappa shape index (κ1) is 22.5. The summed E-state index contributed by atoms with van der Waals surface area (Å²) < 4.78 is 9.34. The van der Waals surface area contributed by atoms with E-state index in [-0.39, 0.29) is 19.0 Å². The molecule has 0 aromatic rings. The van der Waals surface area contributed by atoms with E-state index < -0.39 is 11.9 Å². The second-order valence-electron chi connectivity index (χ2n) is 5.75. The second-order valence-corrected chi connectivity index (χ2v) is 5.75. The van der Waals surface area contributed by atoms with Gasteiger partial charge in [0.25, 0.3) is 0 Å². The van der Waals surface area contributed by atoms with Gasteiger partial charge in [-0.1, -0.05) is 44.9 Å². The van der Waals surface area contributed by atoms with Gasteiger partial charge in [-0.15, -0.1) is 0 Å². The van der Waals surface area contributed by atoms with Crippen LogP contribution in [-0.2, 0) is 23.9 Å². The molecule has 0 spiro atoms. The molecule has 0 aromatic heterocycles. The molecule has 0 saturated heterocycles. The topological polar surface area (TPSA) is 108 Å². The third-order valence-electron chi connectivity index (χ3n) is 3.58. The van der Waals surface area contributed by atoms with Crippen LogP contribution in [0.15, 0.2) is 0 Å². The summed E-state index contributed by atoms with van der Waals surface area (Å²) >= 11 is 0. The third kappa shape index (κ3) is 15.4. The molecular weight excluding hydrogens is 312 g/mol. The molecule has 3 N–H and O–H groups in total. The van der Waals surface area contributed by atoms with Crippen LogP contribution < -0.4 is 11.1 Å². The number of carbonyl (C=O) groups is 3. The minimum absolute atomic E-state index is 0.203. The number of hydrogen-bond donors (Lipinski definition) is 2. The highest BCUT2D eigenvalue weighted by Crippen LogP contribution is 2.10. The second kappa shape index (κ2) is 16.4. The van der Waals surface area contributed by atoms with Gasteiger partial charge < -0.3 is 20.5 Å². The van der Waals surface area contributed by atoms with Crippen LogP contribution in [0, 0.1) is 0 Å². The van der Waals surface area contributed by atoms with Crippen LogP contribution in [0.25, 0.3) is 0 Å². The molecule has 0 heterocycles. The van der Waals surface area contributed by atoms with Crippen molar-refractivity contribution in [2.24, 2.45) is 5.73 Å². The van der Waals surface area contributed by atoms with Crippen LogP contribution in [0.2, 0.25) is 0 Å². The molecule has 7 nitrogen and oxygen atoms in total. The fraction of sp³-hybridized carbons (Fsp3) is 0.824. The zero-order valence-electron chi connectivity index (χ0n) is 14.8. The molecule has 0 unspecified atom stereocenters. The van der Waals surface area contributed by atoms with E-state index >= 15 is 0 Å². The Balaban J connectivity index is 3.34. The number of methoxy groups -OCH3 is 1. The largest absolute Gasteiger partial charge is 0.391 e. The molecule has 0 aliphatic rings. The summed E-state index contributed by atoms with van der Waals surface area (Å²) in [5, 5.41) is 2.43. The van der Waals surface area contributed by atoms with Crippen molar-refractivity contribution in [3.05, 3.63) is 0 Å². The molecule has 0 rings (SSSR count). The van der Waals surface area contributed by atoms with Crippen molar-refractivity contribution in [2.75, 3.05) is 26.8 Å². The van der Waals surface area contributed by atoms with Gasteiger partial charge >= 0.3 is 11.9 Å². The van der Waals surface area contributed by atoms with E-state index in [0.717, 1.165) is 32.3 Å². The number of nitrogens with two attached hydrogens (primary N) is 1. The van der Waals surface area contributed by atoms with Gasteiger partial charge in [-0.05, 0) is 12.8 Å². The zero-order valence-corrected chi connectivity index (χ0v) is 14.8. The number of hydrogen-bond acceptors (Lipinski definition) is 6. The maximum absolute atomic E-state index is 11.5. The van der Waals surface area contributed by atoms with Crippen molar-refractivity contribution in [1.29, 1.82) is 0 Å². The average molecular weight is 344 g/mol. The Kier molecular flexibility index (Phi) is 15.4. The first-order valence-electron chi connectivity index (χ1n) is 8.79. The fourth-order valence-electron chi connectivity index (χ4n) is 2.23. The minimum Gasteiger partial charge on any atom is -0.391 e. The summed E-state index contributed by atoms with van der Waals surface area (Å²) in [7, 11) is 1.73. The summed E-state index contributed by atoms with van der Waals surface area (Å²) in [5.41, 5.74) is 5.01. The lowest BCUT2D eigenvalue weighted by atomic mass is 10.1. The highest BCUT2D eigenvalue weighted by Gasteiger charge is 2.10. The Bertz CT molecular complexity index is 361. The van der Waals surface area contributed by atoms with E-state index in [1.807, 2.05) is 0 Å². The van der Waals surface area contributed by atoms with Gasteiger partial charge in [-0.25, -0.2) is 4.79 Å². The van der Waals surface area contributed by atoms with Crippen molar-refractivity contribution in [3.63, 3.8) is 0 Å². The van der Waals surface area contributed by atoms with E-state index in [9.17, 15) is 14.4 Å². The standard InChI is InChI=1S/C17H32N2O5/c1-23-12-10-8-6-4-2-3-5-7-9-11-15(20)19-14-17(22)24-16(21)13-18/h2-14,18H2,1H3,(H,19,20). The molecule has 0 aromatic carbocycles. The van der Waals surface area contributed by atoms with Gasteiger partial charge in [-0.3, -0.25) is 9.59 Å². The first-order chi connectivity index (χ1) is 11.6. The van der Waals surface area contributed by atoms with Crippen molar-refractivity contribution in [3.8, 4) is 0 Å². The molecule has 1 amide bonds. The molecule has 7 heteroatoms. The molecule has 0 fully saturated rings. The average Bonchev–Trinajstić information content (AvgIpc) is 2.57. The Hall–Kier alpha value is -1.47. The Morgan fingerprint density at radius 3 is 1.92 bits per heavy atom. The monoisotopic (exact) mass is 344 g/mol. The highest BCUT2D eigenvalue weighted by molar-refractivity contribution is 5.89. The molecule has 0 radical (unpaired) electrons. The lowest BCUT2D eigenvalue weighted by molar-refractivity contribution is -0.158. The van der Waals surface area contributed by atoms with E-state index in [0.29, 0.717) is 6.42 Å². The predicted molar refractivity (Wildman–Crippen MR) is 91.2 cm³/mol.